The molecule has 6 heteroatoms. The lowest BCUT2D eigenvalue weighted by atomic mass is 10.1. The van der Waals surface area contributed by atoms with E-state index in [1.54, 1.807) is 11.8 Å². The van der Waals surface area contributed by atoms with Crippen LogP contribution in [0, 0.1) is 0 Å². The van der Waals surface area contributed by atoms with E-state index in [-0.39, 0.29) is 18.2 Å². The molecule has 2 aromatic rings. The lowest BCUT2D eigenvalue weighted by Gasteiger charge is -2.23. The molecule has 0 spiro atoms. The zero-order valence-corrected chi connectivity index (χ0v) is 13.9. The summed E-state index contributed by atoms with van der Waals surface area (Å²) >= 11 is 1.59. The molecule has 1 fully saturated rings. The third kappa shape index (κ3) is 4.37. The summed E-state index contributed by atoms with van der Waals surface area (Å²) in [6.45, 7) is 1.29. The van der Waals surface area contributed by atoms with Gasteiger partial charge in [0.2, 0.25) is 11.8 Å². The first-order valence-corrected chi connectivity index (χ1v) is 8.67. The van der Waals surface area contributed by atoms with E-state index in [1.165, 1.54) is 0 Å². The molecule has 124 valence electrons. The predicted molar refractivity (Wildman–Crippen MR) is 95.1 cm³/mol. The van der Waals surface area contributed by atoms with Crippen LogP contribution in [0.25, 0.3) is 0 Å². The summed E-state index contributed by atoms with van der Waals surface area (Å²) in [6.07, 6.45) is 0.121. The maximum atomic E-state index is 12.3. The molecule has 2 amide bonds. The van der Waals surface area contributed by atoms with E-state index in [0.717, 1.165) is 15.5 Å². The minimum Gasteiger partial charge on any atom is -0.353 e. The van der Waals surface area contributed by atoms with Gasteiger partial charge in [-0.2, -0.15) is 0 Å². The fourth-order valence-electron chi connectivity index (χ4n) is 2.47. The fraction of sp³-hybridized carbons (Fsp3) is 0.222. The van der Waals surface area contributed by atoms with Crippen LogP contribution in [0.4, 0.5) is 5.69 Å². The topological polar surface area (TPSA) is 70.2 Å². The molecular formula is C18H19N3O2S. The van der Waals surface area contributed by atoms with Crippen LogP contribution in [-0.2, 0) is 9.59 Å². The molecule has 0 bridgehead atoms. The first-order valence-electron chi connectivity index (χ1n) is 7.85. The second kappa shape index (κ2) is 7.99. The van der Waals surface area contributed by atoms with Gasteiger partial charge in [0.25, 0.3) is 0 Å². The SMILES string of the molecule is O=C(C[C@@H]1NCCNC1=O)Nc1ccccc1Sc1ccccc1. The van der Waals surface area contributed by atoms with Crippen molar-refractivity contribution in [3.8, 4) is 0 Å². The summed E-state index contributed by atoms with van der Waals surface area (Å²) in [5.74, 6) is -0.297. The number of para-hydroxylation sites is 1. The van der Waals surface area contributed by atoms with Crippen LogP contribution in [0.5, 0.6) is 0 Å². The van der Waals surface area contributed by atoms with Gasteiger partial charge in [-0.05, 0) is 24.3 Å². The summed E-state index contributed by atoms with van der Waals surface area (Å²) in [6, 6.07) is 17.2. The van der Waals surface area contributed by atoms with E-state index in [1.807, 2.05) is 54.6 Å². The molecule has 5 nitrogen and oxygen atoms in total. The van der Waals surface area contributed by atoms with Crippen LogP contribution in [0.15, 0.2) is 64.4 Å². The number of rotatable bonds is 5. The Hall–Kier alpha value is -2.31. The van der Waals surface area contributed by atoms with Crippen molar-refractivity contribution >= 4 is 29.3 Å². The summed E-state index contributed by atoms with van der Waals surface area (Å²) in [4.78, 5) is 26.1. The van der Waals surface area contributed by atoms with Crippen LogP contribution < -0.4 is 16.0 Å². The quantitative estimate of drug-likeness (QED) is 0.780. The highest BCUT2D eigenvalue weighted by atomic mass is 32.2. The number of hydrogen-bond acceptors (Lipinski definition) is 4. The molecule has 1 atom stereocenters. The number of amides is 2. The Balaban J connectivity index is 1.66. The van der Waals surface area contributed by atoms with E-state index in [4.69, 9.17) is 0 Å². The second-order valence-electron chi connectivity index (χ2n) is 5.46. The van der Waals surface area contributed by atoms with Crippen LogP contribution >= 0.6 is 11.8 Å². The number of piperazine rings is 1. The zero-order chi connectivity index (χ0) is 16.8. The summed E-state index contributed by atoms with van der Waals surface area (Å²) in [5, 5.41) is 8.74. The van der Waals surface area contributed by atoms with Crippen LogP contribution in [0.1, 0.15) is 6.42 Å². The summed E-state index contributed by atoms with van der Waals surface area (Å²) in [7, 11) is 0. The van der Waals surface area contributed by atoms with Crippen LogP contribution in [0.3, 0.4) is 0 Å². The predicted octanol–water partition coefficient (Wildman–Crippen LogP) is 2.25. The number of anilines is 1. The maximum absolute atomic E-state index is 12.3. The van der Waals surface area contributed by atoms with Crippen molar-refractivity contribution < 1.29 is 9.59 Å². The van der Waals surface area contributed by atoms with Crippen molar-refractivity contribution in [2.75, 3.05) is 18.4 Å². The van der Waals surface area contributed by atoms with E-state index in [2.05, 4.69) is 16.0 Å². The lowest BCUT2D eigenvalue weighted by molar-refractivity contribution is -0.127. The van der Waals surface area contributed by atoms with Crippen molar-refractivity contribution in [1.29, 1.82) is 0 Å². The van der Waals surface area contributed by atoms with Crippen LogP contribution in [0.2, 0.25) is 0 Å². The number of hydrogen-bond donors (Lipinski definition) is 3. The highest BCUT2D eigenvalue weighted by Crippen LogP contribution is 2.33. The van der Waals surface area contributed by atoms with Crippen molar-refractivity contribution in [1.82, 2.24) is 10.6 Å². The number of nitrogens with one attached hydrogen (secondary N) is 3. The Morgan fingerprint density at radius 2 is 1.83 bits per heavy atom. The molecular weight excluding hydrogens is 322 g/mol. The van der Waals surface area contributed by atoms with Gasteiger partial charge in [-0.25, -0.2) is 0 Å². The Morgan fingerprint density at radius 1 is 1.08 bits per heavy atom. The van der Waals surface area contributed by atoms with Crippen molar-refractivity contribution in [2.24, 2.45) is 0 Å². The number of carbonyl (C=O) groups excluding carboxylic acids is 2. The van der Waals surface area contributed by atoms with E-state index in [0.29, 0.717) is 13.1 Å². The van der Waals surface area contributed by atoms with Crippen molar-refractivity contribution in [2.45, 2.75) is 22.3 Å². The average molecular weight is 341 g/mol. The first-order chi connectivity index (χ1) is 11.7. The monoisotopic (exact) mass is 341 g/mol. The van der Waals surface area contributed by atoms with E-state index in [9.17, 15) is 9.59 Å². The fourth-order valence-corrected chi connectivity index (χ4v) is 3.40. The molecule has 24 heavy (non-hydrogen) atoms. The number of carbonyl (C=O) groups is 2. The largest absolute Gasteiger partial charge is 0.353 e. The van der Waals surface area contributed by atoms with Crippen molar-refractivity contribution in [3.05, 3.63) is 54.6 Å². The normalized spacial score (nSPS) is 17.2. The molecule has 0 aromatic heterocycles. The molecule has 1 aliphatic heterocycles. The molecule has 0 unspecified atom stereocenters. The van der Waals surface area contributed by atoms with Crippen molar-refractivity contribution in [3.63, 3.8) is 0 Å². The lowest BCUT2D eigenvalue weighted by Crippen LogP contribution is -2.53. The molecule has 0 saturated carbocycles. The Morgan fingerprint density at radius 3 is 2.62 bits per heavy atom. The minimum absolute atomic E-state index is 0.121. The summed E-state index contributed by atoms with van der Waals surface area (Å²) in [5.41, 5.74) is 0.757. The minimum atomic E-state index is -0.465. The van der Waals surface area contributed by atoms with Gasteiger partial charge in [0, 0.05) is 22.9 Å². The van der Waals surface area contributed by atoms with E-state index >= 15 is 0 Å². The molecule has 0 radical (unpaired) electrons. The Bertz CT molecular complexity index is 721. The third-order valence-corrected chi connectivity index (χ3v) is 4.74. The van der Waals surface area contributed by atoms with Gasteiger partial charge < -0.3 is 16.0 Å². The highest BCUT2D eigenvalue weighted by Gasteiger charge is 2.24. The van der Waals surface area contributed by atoms with Gasteiger partial charge in [0.15, 0.2) is 0 Å². The highest BCUT2D eigenvalue weighted by molar-refractivity contribution is 7.99. The Labute approximate surface area is 145 Å². The van der Waals surface area contributed by atoms with Gasteiger partial charge in [0.05, 0.1) is 18.2 Å². The van der Waals surface area contributed by atoms with Gasteiger partial charge in [-0.3, -0.25) is 9.59 Å². The second-order valence-corrected chi connectivity index (χ2v) is 6.58. The Kier molecular flexibility index (Phi) is 5.51. The standard InChI is InChI=1S/C18H19N3O2S/c22-17(12-15-18(23)20-11-10-19-15)21-14-8-4-5-9-16(14)24-13-6-2-1-3-7-13/h1-9,15,19H,10-12H2,(H,20,23)(H,21,22)/t15-/m0/s1. The third-order valence-electron chi connectivity index (χ3n) is 3.65. The first kappa shape index (κ1) is 16.5. The molecule has 1 aliphatic rings. The molecule has 0 aliphatic carbocycles. The van der Waals surface area contributed by atoms with Crippen LogP contribution in [-0.4, -0.2) is 30.9 Å². The van der Waals surface area contributed by atoms with Gasteiger partial charge >= 0.3 is 0 Å². The van der Waals surface area contributed by atoms with Gasteiger partial charge in [0.1, 0.15) is 0 Å². The van der Waals surface area contributed by atoms with E-state index < -0.39 is 6.04 Å². The van der Waals surface area contributed by atoms with Gasteiger partial charge in [-0.15, -0.1) is 0 Å². The smallest absolute Gasteiger partial charge is 0.237 e. The molecule has 1 heterocycles. The molecule has 2 aromatic carbocycles. The summed E-state index contributed by atoms with van der Waals surface area (Å²) < 4.78 is 0. The number of benzene rings is 2. The molecule has 3 rings (SSSR count). The molecule has 3 N–H and O–H groups in total. The van der Waals surface area contributed by atoms with Gasteiger partial charge in [-0.1, -0.05) is 42.1 Å². The zero-order valence-electron chi connectivity index (χ0n) is 13.1. The molecule has 1 saturated heterocycles. The average Bonchev–Trinajstić information content (AvgIpc) is 2.60. The maximum Gasteiger partial charge on any atom is 0.237 e.